The van der Waals surface area contributed by atoms with Gasteiger partial charge in [0.25, 0.3) is 0 Å². The quantitative estimate of drug-likeness (QED) is 0.0328. The molecule has 0 unspecified atom stereocenters. The molecule has 0 aliphatic carbocycles. The first-order valence-electron chi connectivity index (χ1n) is 18.4. The van der Waals surface area contributed by atoms with E-state index in [-0.39, 0.29) is 30.8 Å². The van der Waals surface area contributed by atoms with E-state index < -0.39 is 52.7 Å². The van der Waals surface area contributed by atoms with E-state index in [1.165, 1.54) is 12.1 Å². The molecule has 4 aromatic carbocycles. The highest BCUT2D eigenvalue weighted by Gasteiger charge is 2.45. The van der Waals surface area contributed by atoms with E-state index in [0.29, 0.717) is 10.3 Å². The van der Waals surface area contributed by atoms with E-state index >= 15 is 0 Å². The summed E-state index contributed by atoms with van der Waals surface area (Å²) in [7, 11) is -13.6. The van der Waals surface area contributed by atoms with Crippen molar-refractivity contribution < 1.29 is 58.1 Å². The molecule has 0 spiro atoms. The van der Waals surface area contributed by atoms with Gasteiger partial charge in [0.15, 0.2) is 5.71 Å². The predicted octanol–water partition coefficient (Wildman–Crippen LogP) is 5.72. The first-order chi connectivity index (χ1) is 27.6. The number of rotatable bonds is 16. The number of fused-ring (bicyclic) bond motifs is 6. The van der Waals surface area contributed by atoms with E-state index in [1.54, 1.807) is 24.3 Å². The van der Waals surface area contributed by atoms with Crippen molar-refractivity contribution in [1.29, 1.82) is 0 Å². The summed E-state index contributed by atoms with van der Waals surface area (Å²) in [6.45, 7) is 8.62. The second-order valence-electron chi connectivity index (χ2n) is 15.2. The Bertz CT molecular complexity index is 2810. The third-order valence-corrected chi connectivity index (χ3v) is 13.6. The average molecular weight is 882 g/mol. The number of hydrogen-bond donors (Lipinski definition) is 0. The third-order valence-electron chi connectivity index (χ3n) is 10.6. The van der Waals surface area contributed by atoms with Crippen LogP contribution in [0, 0.1) is 0 Å². The lowest BCUT2D eigenvalue weighted by molar-refractivity contribution is -0.777. The molecule has 0 radical (unpaired) electrons. The Morgan fingerprint density at radius 1 is 0.729 bits per heavy atom. The van der Waals surface area contributed by atoms with Crippen LogP contribution in [-0.2, 0) is 50.6 Å². The Morgan fingerprint density at radius 3 is 2.05 bits per heavy atom. The molecule has 0 bridgehead atoms. The third kappa shape index (κ3) is 9.73. The highest BCUT2D eigenvalue weighted by atomic mass is 32.2. The zero-order chi connectivity index (χ0) is 43.0. The van der Waals surface area contributed by atoms with Crippen molar-refractivity contribution in [3.63, 3.8) is 0 Å². The fourth-order valence-corrected chi connectivity index (χ4v) is 10.0. The standard InChI is InChI=1S/C41H44N2O12S4/c1-40(2)36(42(22-10-24-57(45,46)47)34-20-14-28-26-30(56-55-54-44)16-18-32(28)38(34)40)12-8-6-5-7-9-13-37-41(3,4)39-33-19-17-31(59(51,52)53)27-29(33)15-21-35(39)43(37)23-11-25-58(48,49)50/h5-9,12-21,26-27H,10-11,22-25H2,1-4H3,(H3-,44,45,46,47,48,49,50,51,52,53)/p-3. The summed E-state index contributed by atoms with van der Waals surface area (Å²) in [5.41, 5.74) is 4.00. The summed E-state index contributed by atoms with van der Waals surface area (Å²) in [5.74, 6) is -1.05. The van der Waals surface area contributed by atoms with Gasteiger partial charge in [-0.25, -0.2) is 25.3 Å². The number of anilines is 1. The van der Waals surface area contributed by atoms with Crippen LogP contribution in [0.2, 0.25) is 0 Å². The monoisotopic (exact) mass is 881 g/mol. The summed E-state index contributed by atoms with van der Waals surface area (Å²) in [6, 6.07) is 17.2. The van der Waals surface area contributed by atoms with Gasteiger partial charge in [0.05, 0.1) is 42.6 Å². The molecule has 0 saturated carbocycles. The molecule has 2 aliphatic heterocycles. The van der Waals surface area contributed by atoms with Crippen LogP contribution in [0.25, 0.3) is 21.5 Å². The molecule has 6 rings (SSSR count). The lowest BCUT2D eigenvalue weighted by Gasteiger charge is -2.27. The molecule has 14 nitrogen and oxygen atoms in total. The maximum absolute atomic E-state index is 11.7. The number of benzene rings is 4. The average Bonchev–Trinajstić information content (AvgIpc) is 3.50. The molecule has 314 valence electrons. The normalized spacial score (nSPS) is 17.5. The topological polar surface area (TPSA) is 219 Å². The van der Waals surface area contributed by atoms with Crippen molar-refractivity contribution in [2.24, 2.45) is 0 Å². The fraction of sp³-hybridized carbons (Fsp3) is 0.293. The Labute approximate surface area is 348 Å². The molecule has 2 heterocycles. The SMILES string of the molecule is CC1(C)C(=CC=CC=CC=CC2=[N+](CCCS(=O)(=O)[O-])c3ccc4cc(S(=O)(=O)[O-])ccc4c3C2(C)C)N(CCCS(=O)(=O)[O-])c2ccc3cc(SOO[O-])ccc3c21. The highest BCUT2D eigenvalue weighted by Crippen LogP contribution is 2.51. The Morgan fingerprint density at radius 2 is 1.36 bits per heavy atom. The molecule has 18 heteroatoms. The van der Waals surface area contributed by atoms with Crippen molar-refractivity contribution in [2.75, 3.05) is 29.5 Å². The molecule has 2 aliphatic rings. The van der Waals surface area contributed by atoms with Gasteiger partial charge in [-0.1, -0.05) is 62.4 Å². The molecule has 0 aromatic heterocycles. The zero-order valence-corrected chi connectivity index (χ0v) is 35.7. The van der Waals surface area contributed by atoms with Crippen LogP contribution >= 0.6 is 12.0 Å². The van der Waals surface area contributed by atoms with Crippen LogP contribution in [0.3, 0.4) is 0 Å². The van der Waals surface area contributed by atoms with Gasteiger partial charge >= 0.3 is 0 Å². The summed E-state index contributed by atoms with van der Waals surface area (Å²) >= 11 is 0.788. The minimum Gasteiger partial charge on any atom is -0.748 e. The zero-order valence-electron chi connectivity index (χ0n) is 32.5. The van der Waals surface area contributed by atoms with Crippen molar-refractivity contribution in [2.45, 2.75) is 61.2 Å². The number of nitrogens with zero attached hydrogens (tertiary/aromatic N) is 2. The van der Waals surface area contributed by atoms with Crippen molar-refractivity contribution in [3.8, 4) is 0 Å². The summed E-state index contributed by atoms with van der Waals surface area (Å²) < 4.78 is 111. The van der Waals surface area contributed by atoms with Gasteiger partial charge in [-0.3, -0.25) is 5.04 Å². The number of allylic oxidation sites excluding steroid dienone is 8. The van der Waals surface area contributed by atoms with Crippen molar-refractivity contribution >= 4 is 81.0 Å². The van der Waals surface area contributed by atoms with Gasteiger partial charge in [0.1, 0.15) is 16.7 Å². The van der Waals surface area contributed by atoms with Gasteiger partial charge in [-0.2, -0.15) is 8.91 Å². The first kappa shape index (κ1) is 44.3. The van der Waals surface area contributed by atoms with Crippen LogP contribution in [0.15, 0.2) is 119 Å². The smallest absolute Gasteiger partial charge is 0.210 e. The molecule has 0 fully saturated rings. The second-order valence-corrected chi connectivity index (χ2v) is 20.4. The van der Waals surface area contributed by atoms with Crippen molar-refractivity contribution in [3.05, 3.63) is 120 Å². The Hall–Kier alpha value is -4.21. The van der Waals surface area contributed by atoms with Crippen LogP contribution in [0.4, 0.5) is 11.4 Å². The van der Waals surface area contributed by atoms with Gasteiger partial charge < -0.3 is 23.8 Å². The van der Waals surface area contributed by atoms with Gasteiger partial charge in [0.2, 0.25) is 5.69 Å². The Balaban J connectivity index is 1.30. The maximum atomic E-state index is 11.7. The number of hydrogen-bond acceptors (Lipinski definition) is 14. The van der Waals surface area contributed by atoms with E-state index in [2.05, 4.69) is 23.2 Å². The van der Waals surface area contributed by atoms with Crippen LogP contribution in [-0.4, -0.2) is 73.8 Å². The van der Waals surface area contributed by atoms with E-state index in [0.717, 1.165) is 62.1 Å². The van der Waals surface area contributed by atoms with E-state index in [9.17, 15) is 44.2 Å². The first-order valence-corrected chi connectivity index (χ1v) is 23.7. The molecule has 4 aromatic rings. The highest BCUT2D eigenvalue weighted by molar-refractivity contribution is 7.94. The van der Waals surface area contributed by atoms with E-state index in [4.69, 9.17) is 0 Å². The minimum absolute atomic E-state index is 0.0735. The maximum Gasteiger partial charge on any atom is 0.210 e. The lowest BCUT2D eigenvalue weighted by atomic mass is 9.79. The minimum atomic E-state index is -4.68. The van der Waals surface area contributed by atoms with Crippen molar-refractivity contribution in [1.82, 2.24) is 0 Å². The molecule has 0 atom stereocenters. The molecule has 59 heavy (non-hydrogen) atoms. The summed E-state index contributed by atoms with van der Waals surface area (Å²) in [4.78, 5) is 2.34. The summed E-state index contributed by atoms with van der Waals surface area (Å²) in [6.07, 6.45) is 13.2. The van der Waals surface area contributed by atoms with Crippen LogP contribution in [0.1, 0.15) is 51.7 Å². The van der Waals surface area contributed by atoms with Crippen LogP contribution < -0.4 is 10.2 Å². The van der Waals surface area contributed by atoms with Gasteiger partial charge in [0, 0.05) is 63.9 Å². The molecule has 0 N–H and O–H groups in total. The second kappa shape index (κ2) is 17.0. The molecule has 0 saturated heterocycles. The van der Waals surface area contributed by atoms with Crippen LogP contribution in [0.5, 0.6) is 0 Å². The molecular weight excluding hydrogens is 841 g/mol. The lowest BCUT2D eigenvalue weighted by Crippen LogP contribution is -2.28. The molecular formula is C41H41N2O12S4-3. The van der Waals surface area contributed by atoms with E-state index in [1.807, 2.05) is 90.1 Å². The molecule has 0 amide bonds. The fourth-order valence-electron chi connectivity index (χ4n) is 8.17. The van der Waals surface area contributed by atoms with Gasteiger partial charge in [-0.15, -0.1) is 0 Å². The predicted molar refractivity (Wildman–Crippen MR) is 221 cm³/mol. The Kier molecular flexibility index (Phi) is 12.8. The van der Waals surface area contributed by atoms with Gasteiger partial charge in [-0.05, 0) is 89.9 Å². The summed E-state index contributed by atoms with van der Waals surface area (Å²) in [5, 5.41) is 17.0. The largest absolute Gasteiger partial charge is 0.748 e.